The highest BCUT2D eigenvalue weighted by atomic mass is 35.5. The second-order valence-corrected chi connectivity index (χ2v) is 5.13. The van der Waals surface area contributed by atoms with Crippen LogP contribution in [0.5, 0.6) is 5.75 Å². The highest BCUT2D eigenvalue weighted by molar-refractivity contribution is 6.34. The molecule has 1 amide bonds. The van der Waals surface area contributed by atoms with E-state index in [1.807, 2.05) is 19.1 Å². The fourth-order valence-corrected chi connectivity index (χ4v) is 2.34. The maximum atomic E-state index is 11.1. The van der Waals surface area contributed by atoms with Crippen LogP contribution in [0.4, 0.5) is 5.69 Å². The molecule has 2 rings (SSSR count). The third-order valence-electron chi connectivity index (χ3n) is 3.15. The van der Waals surface area contributed by atoms with E-state index in [1.165, 1.54) is 0 Å². The van der Waals surface area contributed by atoms with Crippen molar-refractivity contribution in [2.45, 2.75) is 13.5 Å². The minimum atomic E-state index is -0.535. The van der Waals surface area contributed by atoms with Crippen LogP contribution in [0, 0.1) is 6.92 Å². The third-order valence-corrected chi connectivity index (χ3v) is 3.47. The van der Waals surface area contributed by atoms with Crippen molar-refractivity contribution >= 4 is 23.2 Å². The quantitative estimate of drug-likeness (QED) is 0.890. The van der Waals surface area contributed by atoms with E-state index in [-0.39, 0.29) is 0 Å². The van der Waals surface area contributed by atoms with Gasteiger partial charge in [0.1, 0.15) is 5.75 Å². The van der Waals surface area contributed by atoms with Crippen LogP contribution in [0.25, 0.3) is 0 Å². The van der Waals surface area contributed by atoms with E-state index >= 15 is 0 Å². The molecule has 0 atom stereocenters. The Kier molecular flexibility index (Phi) is 4.70. The van der Waals surface area contributed by atoms with Crippen LogP contribution in [0.15, 0.2) is 36.4 Å². The molecule has 2 aromatic rings. The first-order chi connectivity index (χ1) is 10.0. The van der Waals surface area contributed by atoms with Gasteiger partial charge in [-0.1, -0.05) is 29.3 Å². The molecule has 110 valence electrons. The number of rotatable bonds is 5. The molecule has 0 saturated heterocycles. The van der Waals surface area contributed by atoms with Crippen LogP contribution in [0.3, 0.4) is 0 Å². The lowest BCUT2D eigenvalue weighted by Crippen LogP contribution is -2.11. The van der Waals surface area contributed by atoms with Gasteiger partial charge in [0.2, 0.25) is 5.91 Å². The number of hydrogen-bond acceptors (Lipinski definition) is 3. The number of halogens is 1. The van der Waals surface area contributed by atoms with Crippen LogP contribution >= 0.6 is 11.6 Å². The first-order valence-corrected chi connectivity index (χ1v) is 6.86. The smallest absolute Gasteiger partial charge is 0.250 e. The Morgan fingerprint density at radius 1 is 1.29 bits per heavy atom. The molecule has 0 aromatic heterocycles. The minimum absolute atomic E-state index is 0.315. The van der Waals surface area contributed by atoms with E-state index in [1.54, 1.807) is 25.3 Å². The molecule has 0 saturated carbocycles. The highest BCUT2D eigenvalue weighted by Crippen LogP contribution is 2.24. The monoisotopic (exact) mass is 304 g/mol. The van der Waals surface area contributed by atoms with Gasteiger partial charge in [0.05, 0.1) is 17.7 Å². The zero-order valence-electron chi connectivity index (χ0n) is 11.9. The Hall–Kier alpha value is -2.20. The van der Waals surface area contributed by atoms with Crippen LogP contribution in [-0.2, 0) is 6.54 Å². The summed E-state index contributed by atoms with van der Waals surface area (Å²) < 4.78 is 5.34. The Balaban J connectivity index is 2.15. The number of nitrogens with one attached hydrogen (secondary N) is 1. The molecule has 0 aliphatic rings. The van der Waals surface area contributed by atoms with E-state index in [2.05, 4.69) is 11.4 Å². The van der Waals surface area contributed by atoms with Crippen molar-refractivity contribution in [3.63, 3.8) is 0 Å². The molecule has 0 spiro atoms. The molecule has 0 unspecified atom stereocenters. The fraction of sp³-hybridized carbons (Fsp3) is 0.188. The summed E-state index contributed by atoms with van der Waals surface area (Å²) in [6.07, 6.45) is 0. The summed E-state index contributed by atoms with van der Waals surface area (Å²) in [5.74, 6) is 0.292. The van der Waals surface area contributed by atoms with Crippen molar-refractivity contribution in [2.75, 3.05) is 12.4 Å². The predicted octanol–water partition coefficient (Wildman–Crippen LogP) is 3.37. The van der Waals surface area contributed by atoms with Crippen molar-refractivity contribution in [1.82, 2.24) is 0 Å². The summed E-state index contributed by atoms with van der Waals surface area (Å²) in [6.45, 7) is 2.62. The third kappa shape index (κ3) is 3.67. The van der Waals surface area contributed by atoms with Gasteiger partial charge in [-0.15, -0.1) is 0 Å². The Labute approximate surface area is 128 Å². The Bertz CT molecular complexity index is 671. The van der Waals surface area contributed by atoms with Gasteiger partial charge in [0.25, 0.3) is 0 Å². The zero-order valence-corrected chi connectivity index (χ0v) is 12.7. The van der Waals surface area contributed by atoms with Crippen molar-refractivity contribution < 1.29 is 9.53 Å². The molecule has 0 heterocycles. The molecule has 21 heavy (non-hydrogen) atoms. The van der Waals surface area contributed by atoms with Gasteiger partial charge in [-0.3, -0.25) is 4.79 Å². The summed E-state index contributed by atoms with van der Waals surface area (Å²) in [5, 5.41) is 3.59. The topological polar surface area (TPSA) is 64.3 Å². The summed E-state index contributed by atoms with van der Waals surface area (Å²) in [6, 6.07) is 11.1. The maximum Gasteiger partial charge on any atom is 0.250 e. The number of anilines is 1. The first kappa shape index (κ1) is 15.2. The van der Waals surface area contributed by atoms with Crippen LogP contribution in [0.1, 0.15) is 21.5 Å². The van der Waals surface area contributed by atoms with Gasteiger partial charge in [0, 0.05) is 17.8 Å². The summed E-state index contributed by atoms with van der Waals surface area (Å²) in [7, 11) is 1.65. The summed E-state index contributed by atoms with van der Waals surface area (Å²) in [4.78, 5) is 11.1. The number of benzene rings is 2. The standard InChI is InChI=1S/C16H17ClN2O2/c1-10-3-6-15(21-2)11(7-10)9-19-12-4-5-13(16(18)20)14(17)8-12/h3-8,19H,9H2,1-2H3,(H2,18,20). The van der Waals surface area contributed by atoms with Gasteiger partial charge in [-0.2, -0.15) is 0 Å². The number of hydrogen-bond donors (Lipinski definition) is 2. The lowest BCUT2D eigenvalue weighted by molar-refractivity contribution is 0.100. The molecular weight excluding hydrogens is 288 g/mol. The number of methoxy groups -OCH3 is 1. The van der Waals surface area contributed by atoms with Gasteiger partial charge in [-0.25, -0.2) is 0 Å². The lowest BCUT2D eigenvalue weighted by Gasteiger charge is -2.12. The number of primary amides is 1. The molecule has 4 nitrogen and oxygen atoms in total. The van der Waals surface area contributed by atoms with Gasteiger partial charge < -0.3 is 15.8 Å². The molecule has 0 bridgehead atoms. The Morgan fingerprint density at radius 3 is 2.67 bits per heavy atom. The van der Waals surface area contributed by atoms with Crippen molar-refractivity contribution in [3.8, 4) is 5.75 Å². The second kappa shape index (κ2) is 6.50. The van der Waals surface area contributed by atoms with Crippen molar-refractivity contribution in [3.05, 3.63) is 58.1 Å². The van der Waals surface area contributed by atoms with Gasteiger partial charge in [-0.05, 0) is 31.2 Å². The second-order valence-electron chi connectivity index (χ2n) is 4.73. The molecule has 5 heteroatoms. The zero-order chi connectivity index (χ0) is 15.4. The van der Waals surface area contributed by atoms with E-state index in [4.69, 9.17) is 22.1 Å². The van der Waals surface area contributed by atoms with Crippen molar-refractivity contribution in [1.29, 1.82) is 0 Å². The molecule has 3 N–H and O–H groups in total. The average Bonchev–Trinajstić information content (AvgIpc) is 2.45. The molecule has 0 aliphatic heterocycles. The largest absolute Gasteiger partial charge is 0.496 e. The van der Waals surface area contributed by atoms with E-state index in [0.717, 1.165) is 22.6 Å². The van der Waals surface area contributed by atoms with E-state index in [9.17, 15) is 4.79 Å². The van der Waals surface area contributed by atoms with Crippen LogP contribution < -0.4 is 15.8 Å². The molecule has 0 fully saturated rings. The summed E-state index contributed by atoms with van der Waals surface area (Å²) in [5.41, 5.74) is 8.56. The number of carbonyl (C=O) groups is 1. The van der Waals surface area contributed by atoms with Gasteiger partial charge in [0.15, 0.2) is 0 Å². The first-order valence-electron chi connectivity index (χ1n) is 6.48. The molecule has 0 radical (unpaired) electrons. The minimum Gasteiger partial charge on any atom is -0.496 e. The lowest BCUT2D eigenvalue weighted by atomic mass is 10.1. The molecular formula is C16H17ClN2O2. The number of amides is 1. The maximum absolute atomic E-state index is 11.1. The average molecular weight is 305 g/mol. The normalized spacial score (nSPS) is 10.2. The molecule has 2 aromatic carbocycles. The van der Waals surface area contributed by atoms with Gasteiger partial charge >= 0.3 is 0 Å². The predicted molar refractivity (Wildman–Crippen MR) is 85.0 cm³/mol. The number of nitrogens with two attached hydrogens (primary N) is 1. The molecule has 0 aliphatic carbocycles. The summed E-state index contributed by atoms with van der Waals surface area (Å²) >= 11 is 6.02. The fourth-order valence-electron chi connectivity index (χ4n) is 2.07. The van der Waals surface area contributed by atoms with Crippen LogP contribution in [-0.4, -0.2) is 13.0 Å². The SMILES string of the molecule is COc1ccc(C)cc1CNc1ccc(C(N)=O)c(Cl)c1. The number of aryl methyl sites for hydroxylation is 1. The van der Waals surface area contributed by atoms with Crippen LogP contribution in [0.2, 0.25) is 5.02 Å². The van der Waals surface area contributed by atoms with E-state index < -0.39 is 5.91 Å². The van der Waals surface area contributed by atoms with Crippen molar-refractivity contribution in [2.24, 2.45) is 5.73 Å². The van der Waals surface area contributed by atoms with E-state index in [0.29, 0.717) is 17.1 Å². The number of ether oxygens (including phenoxy) is 1. The Morgan fingerprint density at radius 2 is 2.05 bits per heavy atom. The number of carbonyl (C=O) groups excluding carboxylic acids is 1. The highest BCUT2D eigenvalue weighted by Gasteiger charge is 2.08.